The van der Waals surface area contributed by atoms with E-state index in [0.29, 0.717) is 5.82 Å². The van der Waals surface area contributed by atoms with E-state index in [0.717, 1.165) is 47.8 Å². The average Bonchev–Trinajstić information content (AvgIpc) is 3.25. The first-order valence-electron chi connectivity index (χ1n) is 8.32. The molecule has 4 rings (SSSR count). The third-order valence-electron chi connectivity index (χ3n) is 3.94. The Morgan fingerprint density at radius 2 is 2.00 bits per heavy atom. The number of benzene rings is 1. The zero-order valence-corrected chi connectivity index (χ0v) is 14.0. The normalized spacial score (nSPS) is 11.1. The average molecular weight is 333 g/mol. The lowest BCUT2D eigenvalue weighted by atomic mass is 10.3. The van der Waals surface area contributed by atoms with Crippen molar-refractivity contribution in [2.45, 2.75) is 19.8 Å². The molecule has 0 radical (unpaired) electrons. The first-order chi connectivity index (χ1) is 12.3. The van der Waals surface area contributed by atoms with Crippen molar-refractivity contribution in [3.63, 3.8) is 0 Å². The van der Waals surface area contributed by atoms with E-state index in [1.165, 1.54) is 0 Å². The molecule has 0 bridgehead atoms. The second-order valence-corrected chi connectivity index (χ2v) is 5.91. The monoisotopic (exact) mass is 333 g/mol. The largest absolute Gasteiger partial charge is 0.369 e. The maximum atomic E-state index is 4.58. The van der Waals surface area contributed by atoms with Gasteiger partial charge in [0.05, 0.1) is 16.7 Å². The molecule has 126 valence electrons. The Hall–Kier alpha value is -3.22. The van der Waals surface area contributed by atoms with Gasteiger partial charge in [-0.25, -0.2) is 9.67 Å². The number of fused-ring (bicyclic) bond motifs is 1. The zero-order chi connectivity index (χ0) is 17.1. The van der Waals surface area contributed by atoms with E-state index < -0.39 is 0 Å². The fraction of sp³-hybridized carbons (Fsp3) is 0.222. The number of anilines is 1. The second kappa shape index (κ2) is 6.72. The number of H-pyrrole nitrogens is 1. The molecule has 0 fully saturated rings. The molecule has 0 spiro atoms. The number of rotatable bonds is 6. The number of nitrogens with zero attached hydrogens (tertiary/aromatic N) is 5. The molecule has 0 saturated carbocycles. The zero-order valence-electron chi connectivity index (χ0n) is 14.0. The lowest BCUT2D eigenvalue weighted by molar-refractivity contribution is 0.793. The van der Waals surface area contributed by atoms with Crippen LogP contribution in [0, 0.1) is 6.92 Å². The number of para-hydroxylation sites is 2. The molecule has 0 aliphatic rings. The highest BCUT2D eigenvalue weighted by Crippen LogP contribution is 2.11. The summed E-state index contributed by atoms with van der Waals surface area (Å²) in [7, 11) is 0. The second-order valence-electron chi connectivity index (χ2n) is 5.91. The van der Waals surface area contributed by atoms with Crippen LogP contribution >= 0.6 is 0 Å². The first kappa shape index (κ1) is 15.3. The lowest BCUT2D eigenvalue weighted by Crippen LogP contribution is -2.07. The highest BCUT2D eigenvalue weighted by atomic mass is 15.3. The SMILES string of the molecule is Cc1ccn(-c2ccc(NCCCc3nc4ccccc4[nH]3)nn2)n1. The molecule has 0 aliphatic carbocycles. The molecule has 0 unspecified atom stereocenters. The van der Waals surface area contributed by atoms with Gasteiger partial charge in [0.25, 0.3) is 0 Å². The Balaban J connectivity index is 1.29. The van der Waals surface area contributed by atoms with Gasteiger partial charge >= 0.3 is 0 Å². The minimum atomic E-state index is 0.709. The predicted octanol–water partition coefficient (Wildman–Crippen LogP) is 2.89. The van der Waals surface area contributed by atoms with Crippen molar-refractivity contribution in [3.05, 3.63) is 60.2 Å². The van der Waals surface area contributed by atoms with Crippen LogP contribution in [0.25, 0.3) is 16.9 Å². The number of imidazole rings is 1. The molecule has 25 heavy (non-hydrogen) atoms. The van der Waals surface area contributed by atoms with Crippen molar-refractivity contribution in [2.75, 3.05) is 11.9 Å². The van der Waals surface area contributed by atoms with Crippen LogP contribution < -0.4 is 5.32 Å². The predicted molar refractivity (Wildman–Crippen MR) is 96.8 cm³/mol. The van der Waals surface area contributed by atoms with Crippen LogP contribution in [-0.2, 0) is 6.42 Å². The van der Waals surface area contributed by atoms with Gasteiger partial charge < -0.3 is 10.3 Å². The highest BCUT2D eigenvalue weighted by Gasteiger charge is 2.03. The maximum absolute atomic E-state index is 4.58. The first-order valence-corrected chi connectivity index (χ1v) is 8.32. The van der Waals surface area contributed by atoms with Gasteiger partial charge in [0.15, 0.2) is 5.82 Å². The van der Waals surface area contributed by atoms with E-state index in [-0.39, 0.29) is 0 Å². The van der Waals surface area contributed by atoms with Crippen LogP contribution in [0.4, 0.5) is 5.82 Å². The van der Waals surface area contributed by atoms with E-state index in [2.05, 4.69) is 30.6 Å². The van der Waals surface area contributed by atoms with Gasteiger partial charge in [0.1, 0.15) is 11.6 Å². The van der Waals surface area contributed by atoms with Gasteiger partial charge in [0, 0.05) is 19.2 Å². The maximum Gasteiger partial charge on any atom is 0.175 e. The van der Waals surface area contributed by atoms with Crippen LogP contribution in [0.3, 0.4) is 0 Å². The summed E-state index contributed by atoms with van der Waals surface area (Å²) >= 11 is 0. The summed E-state index contributed by atoms with van der Waals surface area (Å²) in [5, 5.41) is 16.0. The van der Waals surface area contributed by atoms with E-state index in [1.807, 2.05) is 55.6 Å². The fourth-order valence-electron chi connectivity index (χ4n) is 2.68. The minimum Gasteiger partial charge on any atom is -0.369 e. The molecule has 4 aromatic rings. The Kier molecular flexibility index (Phi) is 4.12. The summed E-state index contributed by atoms with van der Waals surface area (Å²) in [6.07, 6.45) is 3.72. The van der Waals surface area contributed by atoms with E-state index >= 15 is 0 Å². The van der Waals surface area contributed by atoms with Crippen LogP contribution in [0.5, 0.6) is 0 Å². The Morgan fingerprint density at radius 1 is 1.08 bits per heavy atom. The fourth-order valence-corrected chi connectivity index (χ4v) is 2.68. The molecule has 0 aliphatic heterocycles. The molecular formula is C18H19N7. The van der Waals surface area contributed by atoms with Crippen LogP contribution in [-0.4, -0.2) is 36.5 Å². The quantitative estimate of drug-likeness (QED) is 0.530. The van der Waals surface area contributed by atoms with Crippen LogP contribution in [0.2, 0.25) is 0 Å². The Bertz CT molecular complexity index is 935. The number of hydrogen-bond donors (Lipinski definition) is 2. The van der Waals surface area contributed by atoms with Crippen molar-refractivity contribution in [1.82, 2.24) is 29.9 Å². The van der Waals surface area contributed by atoms with Crippen molar-refractivity contribution in [3.8, 4) is 5.82 Å². The van der Waals surface area contributed by atoms with Gasteiger partial charge in [-0.15, -0.1) is 10.2 Å². The minimum absolute atomic E-state index is 0.709. The topological polar surface area (TPSA) is 84.3 Å². The standard InChI is InChI=1S/C18H19N7/c1-13-10-12-25(24-13)18-9-8-16(22-23-18)19-11-4-7-17-20-14-5-2-3-6-15(14)21-17/h2-3,5-6,8-10,12H,4,7,11H2,1H3,(H,19,22)(H,20,21). The molecule has 0 saturated heterocycles. The third kappa shape index (κ3) is 3.50. The Morgan fingerprint density at radius 3 is 2.76 bits per heavy atom. The van der Waals surface area contributed by atoms with E-state index in [1.54, 1.807) is 4.68 Å². The van der Waals surface area contributed by atoms with Crippen molar-refractivity contribution in [1.29, 1.82) is 0 Å². The smallest absolute Gasteiger partial charge is 0.175 e. The summed E-state index contributed by atoms with van der Waals surface area (Å²) in [6, 6.07) is 13.8. The van der Waals surface area contributed by atoms with Gasteiger partial charge in [-0.3, -0.25) is 0 Å². The number of aromatic amines is 1. The van der Waals surface area contributed by atoms with E-state index in [9.17, 15) is 0 Å². The number of aromatic nitrogens is 6. The van der Waals surface area contributed by atoms with Crippen LogP contribution in [0.15, 0.2) is 48.7 Å². The molecule has 0 amide bonds. The molecule has 7 heteroatoms. The van der Waals surface area contributed by atoms with E-state index in [4.69, 9.17) is 0 Å². The molecule has 1 aromatic carbocycles. The Labute approximate surface area is 145 Å². The number of aryl methyl sites for hydroxylation is 2. The highest BCUT2D eigenvalue weighted by molar-refractivity contribution is 5.74. The van der Waals surface area contributed by atoms with Crippen molar-refractivity contribution < 1.29 is 0 Å². The summed E-state index contributed by atoms with van der Waals surface area (Å²) in [5.74, 6) is 2.48. The van der Waals surface area contributed by atoms with Gasteiger partial charge in [-0.05, 0) is 43.7 Å². The summed E-state index contributed by atoms with van der Waals surface area (Å²) < 4.78 is 1.72. The van der Waals surface area contributed by atoms with Crippen molar-refractivity contribution >= 4 is 16.9 Å². The van der Waals surface area contributed by atoms with Gasteiger partial charge in [-0.2, -0.15) is 5.10 Å². The summed E-state index contributed by atoms with van der Waals surface area (Å²) in [5.41, 5.74) is 3.05. The van der Waals surface area contributed by atoms with Gasteiger partial charge in [0.2, 0.25) is 0 Å². The van der Waals surface area contributed by atoms with Crippen LogP contribution in [0.1, 0.15) is 17.9 Å². The molecular weight excluding hydrogens is 314 g/mol. The van der Waals surface area contributed by atoms with Crippen molar-refractivity contribution in [2.24, 2.45) is 0 Å². The summed E-state index contributed by atoms with van der Waals surface area (Å²) in [6.45, 7) is 2.76. The summed E-state index contributed by atoms with van der Waals surface area (Å²) in [4.78, 5) is 7.93. The molecule has 3 heterocycles. The number of nitrogens with one attached hydrogen (secondary N) is 2. The molecule has 2 N–H and O–H groups in total. The number of hydrogen-bond acceptors (Lipinski definition) is 5. The van der Waals surface area contributed by atoms with Gasteiger partial charge in [-0.1, -0.05) is 12.1 Å². The third-order valence-corrected chi connectivity index (χ3v) is 3.94. The molecule has 7 nitrogen and oxygen atoms in total. The lowest BCUT2D eigenvalue weighted by Gasteiger charge is -2.05. The molecule has 3 aromatic heterocycles. The molecule has 0 atom stereocenters.